The molecule has 2 aromatic carbocycles. The summed E-state index contributed by atoms with van der Waals surface area (Å²) in [5.41, 5.74) is 4.00. The van der Waals surface area contributed by atoms with Gasteiger partial charge in [0.05, 0.1) is 10.7 Å². The fraction of sp³-hybridized carbons (Fsp3) is 0.176. The van der Waals surface area contributed by atoms with E-state index in [0.29, 0.717) is 11.3 Å². The summed E-state index contributed by atoms with van der Waals surface area (Å²) in [5, 5.41) is 13.4. The van der Waals surface area contributed by atoms with E-state index in [1.165, 1.54) is 6.21 Å². The molecule has 1 unspecified atom stereocenters. The van der Waals surface area contributed by atoms with Crippen molar-refractivity contribution < 1.29 is 14.6 Å². The van der Waals surface area contributed by atoms with Crippen LogP contribution < -0.4 is 10.2 Å². The second-order valence-corrected chi connectivity index (χ2v) is 5.84. The number of para-hydroxylation sites is 1. The maximum Gasteiger partial charge on any atom is 0.280 e. The summed E-state index contributed by atoms with van der Waals surface area (Å²) in [4.78, 5) is 12.0. The summed E-state index contributed by atoms with van der Waals surface area (Å²) in [7, 11) is 0. The van der Waals surface area contributed by atoms with E-state index in [1.807, 2.05) is 19.1 Å². The molecule has 0 bridgehead atoms. The molecule has 2 rings (SSSR count). The molecule has 120 valence electrons. The quantitative estimate of drug-likeness (QED) is 0.620. The fourth-order valence-electron chi connectivity index (χ4n) is 1.80. The van der Waals surface area contributed by atoms with Gasteiger partial charge in [-0.3, -0.25) is 4.79 Å². The zero-order chi connectivity index (χ0) is 16.8. The number of ether oxygens (including phenoxy) is 1. The Morgan fingerprint density at radius 1 is 1.35 bits per heavy atom. The Hall–Kier alpha value is -2.34. The third kappa shape index (κ3) is 4.82. The molecule has 0 heterocycles. The molecule has 0 radical (unpaired) electrons. The lowest BCUT2D eigenvalue weighted by atomic mass is 10.2. The number of phenolic OH excluding ortho intramolecular Hbond substituents is 1. The van der Waals surface area contributed by atoms with E-state index in [9.17, 15) is 9.90 Å². The van der Waals surface area contributed by atoms with E-state index >= 15 is 0 Å². The number of hydrogen-bond acceptors (Lipinski definition) is 4. The van der Waals surface area contributed by atoms with E-state index in [4.69, 9.17) is 4.74 Å². The summed E-state index contributed by atoms with van der Waals surface area (Å²) in [6, 6.07) is 12.3. The van der Waals surface area contributed by atoms with Crippen molar-refractivity contribution in [3.63, 3.8) is 0 Å². The van der Waals surface area contributed by atoms with Gasteiger partial charge in [-0.1, -0.05) is 18.2 Å². The highest BCUT2D eigenvalue weighted by Gasteiger charge is 2.15. The van der Waals surface area contributed by atoms with Crippen LogP contribution in [0.25, 0.3) is 0 Å². The lowest BCUT2D eigenvalue weighted by molar-refractivity contribution is -0.127. The highest BCUT2D eigenvalue weighted by molar-refractivity contribution is 9.10. The minimum absolute atomic E-state index is 0.0957. The maximum absolute atomic E-state index is 12.0. The molecular formula is C17H17BrN2O3. The minimum atomic E-state index is -0.712. The molecule has 0 aliphatic rings. The molecular weight excluding hydrogens is 360 g/mol. The molecule has 2 N–H and O–H groups in total. The predicted octanol–water partition coefficient (Wildman–Crippen LogP) is 3.38. The summed E-state index contributed by atoms with van der Waals surface area (Å²) in [6.45, 7) is 3.61. The van der Waals surface area contributed by atoms with Gasteiger partial charge in [-0.25, -0.2) is 5.43 Å². The van der Waals surface area contributed by atoms with Crippen molar-refractivity contribution in [2.75, 3.05) is 0 Å². The highest BCUT2D eigenvalue weighted by atomic mass is 79.9. The fourth-order valence-corrected chi connectivity index (χ4v) is 2.39. The molecule has 0 saturated heterocycles. The summed E-state index contributed by atoms with van der Waals surface area (Å²) in [6.07, 6.45) is 0.664. The smallest absolute Gasteiger partial charge is 0.280 e. The number of aromatic hydroxyl groups is 1. The number of nitrogens with one attached hydrogen (secondary N) is 1. The highest BCUT2D eigenvalue weighted by Crippen LogP contribution is 2.26. The van der Waals surface area contributed by atoms with Crippen LogP contribution in [0.1, 0.15) is 18.1 Å². The van der Waals surface area contributed by atoms with Crippen LogP contribution in [-0.2, 0) is 4.79 Å². The van der Waals surface area contributed by atoms with Gasteiger partial charge in [0.1, 0.15) is 11.5 Å². The van der Waals surface area contributed by atoms with Crippen molar-refractivity contribution in [2.45, 2.75) is 20.0 Å². The van der Waals surface area contributed by atoms with E-state index in [0.717, 1.165) is 10.0 Å². The van der Waals surface area contributed by atoms with E-state index in [2.05, 4.69) is 26.5 Å². The second kappa shape index (κ2) is 7.78. The molecule has 6 heteroatoms. The van der Waals surface area contributed by atoms with Crippen LogP contribution in [-0.4, -0.2) is 23.3 Å². The first-order valence-corrected chi connectivity index (χ1v) is 7.80. The first kappa shape index (κ1) is 17.0. The topological polar surface area (TPSA) is 70.9 Å². The van der Waals surface area contributed by atoms with E-state index in [1.54, 1.807) is 37.3 Å². The van der Waals surface area contributed by atoms with Gasteiger partial charge in [-0.15, -0.1) is 0 Å². The molecule has 0 fully saturated rings. The average molecular weight is 377 g/mol. The Morgan fingerprint density at radius 2 is 2.09 bits per heavy atom. The van der Waals surface area contributed by atoms with Crippen molar-refractivity contribution in [3.8, 4) is 11.5 Å². The van der Waals surface area contributed by atoms with E-state index < -0.39 is 6.10 Å². The van der Waals surface area contributed by atoms with Crippen LogP contribution >= 0.6 is 15.9 Å². The van der Waals surface area contributed by atoms with Gasteiger partial charge < -0.3 is 9.84 Å². The van der Waals surface area contributed by atoms with Gasteiger partial charge in [0, 0.05) is 5.56 Å². The molecule has 0 aliphatic carbocycles. The van der Waals surface area contributed by atoms with Crippen LogP contribution in [0.2, 0.25) is 0 Å². The second-order valence-electron chi connectivity index (χ2n) is 4.99. The third-order valence-corrected chi connectivity index (χ3v) is 3.70. The molecule has 23 heavy (non-hydrogen) atoms. The van der Waals surface area contributed by atoms with Gasteiger partial charge in [-0.05, 0) is 59.6 Å². The van der Waals surface area contributed by atoms with Gasteiger partial charge in [0.15, 0.2) is 6.10 Å². The number of halogens is 1. The third-order valence-electron chi connectivity index (χ3n) is 3.08. The van der Waals surface area contributed by atoms with Crippen molar-refractivity contribution in [3.05, 3.63) is 58.1 Å². The van der Waals surface area contributed by atoms with Crippen LogP contribution in [0.15, 0.2) is 52.0 Å². The van der Waals surface area contributed by atoms with Crippen LogP contribution in [0.4, 0.5) is 0 Å². The van der Waals surface area contributed by atoms with Crippen molar-refractivity contribution >= 4 is 28.1 Å². The van der Waals surface area contributed by atoms with Crippen LogP contribution in [0.5, 0.6) is 11.5 Å². The van der Waals surface area contributed by atoms with Gasteiger partial charge in [0.2, 0.25) is 0 Å². The standard InChI is InChI=1S/C17H17BrN2O3/c1-11-7-8-16(14(18)9-11)23-12(2)17(22)20-19-10-13-5-3-4-6-15(13)21/h3-10,12,21H,1-2H3,(H,20,22)/b19-10+. The Bertz CT molecular complexity index is 732. The van der Waals surface area contributed by atoms with Gasteiger partial charge in [-0.2, -0.15) is 5.10 Å². The Balaban J connectivity index is 1.94. The normalized spacial score (nSPS) is 12.1. The largest absolute Gasteiger partial charge is 0.507 e. The minimum Gasteiger partial charge on any atom is -0.507 e. The number of hydrazone groups is 1. The Labute approximate surface area is 143 Å². The van der Waals surface area contributed by atoms with Crippen molar-refractivity contribution in [2.24, 2.45) is 5.10 Å². The number of nitrogens with zero attached hydrogens (tertiary/aromatic N) is 1. The molecule has 0 saturated carbocycles. The number of hydrogen-bond donors (Lipinski definition) is 2. The molecule has 5 nitrogen and oxygen atoms in total. The number of rotatable bonds is 5. The molecule has 1 amide bonds. The maximum atomic E-state index is 12.0. The SMILES string of the molecule is Cc1ccc(OC(C)C(=O)N/N=C/c2ccccc2O)c(Br)c1. The van der Waals surface area contributed by atoms with Crippen molar-refractivity contribution in [1.82, 2.24) is 5.43 Å². The van der Waals surface area contributed by atoms with Gasteiger partial charge >= 0.3 is 0 Å². The molecule has 2 aromatic rings. The summed E-state index contributed by atoms with van der Waals surface area (Å²) >= 11 is 3.40. The lowest BCUT2D eigenvalue weighted by Gasteiger charge is -2.14. The van der Waals surface area contributed by atoms with Crippen molar-refractivity contribution in [1.29, 1.82) is 0 Å². The monoisotopic (exact) mass is 376 g/mol. The Morgan fingerprint density at radius 3 is 2.78 bits per heavy atom. The van der Waals surface area contributed by atoms with Crippen LogP contribution in [0.3, 0.4) is 0 Å². The summed E-state index contributed by atoms with van der Waals surface area (Å²) in [5.74, 6) is 0.297. The molecule has 1 atom stereocenters. The molecule has 0 aliphatic heterocycles. The molecule has 0 spiro atoms. The first-order chi connectivity index (χ1) is 11.0. The number of carbonyl (C=O) groups excluding carboxylic acids is 1. The lowest BCUT2D eigenvalue weighted by Crippen LogP contribution is -2.33. The zero-order valence-electron chi connectivity index (χ0n) is 12.8. The number of phenols is 1. The number of aryl methyl sites for hydroxylation is 1. The average Bonchev–Trinajstić information content (AvgIpc) is 2.51. The zero-order valence-corrected chi connectivity index (χ0v) is 14.4. The number of amides is 1. The number of benzene rings is 2. The van der Waals surface area contributed by atoms with Gasteiger partial charge in [0.25, 0.3) is 5.91 Å². The van der Waals surface area contributed by atoms with Crippen LogP contribution in [0, 0.1) is 6.92 Å². The number of carbonyl (C=O) groups is 1. The van der Waals surface area contributed by atoms with E-state index in [-0.39, 0.29) is 11.7 Å². The Kier molecular flexibility index (Phi) is 5.76. The predicted molar refractivity (Wildman–Crippen MR) is 92.8 cm³/mol. The first-order valence-electron chi connectivity index (χ1n) is 7.01. The molecule has 0 aromatic heterocycles. The summed E-state index contributed by atoms with van der Waals surface area (Å²) < 4.78 is 6.39.